The lowest BCUT2D eigenvalue weighted by Crippen LogP contribution is -2.18. The van der Waals surface area contributed by atoms with Crippen molar-refractivity contribution in [2.45, 2.75) is 77.4 Å². The number of aryl methyl sites for hydroxylation is 1. The molecule has 0 atom stereocenters. The second-order valence-corrected chi connectivity index (χ2v) is 5.62. The van der Waals surface area contributed by atoms with Gasteiger partial charge in [-0.25, -0.2) is 0 Å². The molecular formula is C16H28N2. The molecule has 2 rings (SSSR count). The van der Waals surface area contributed by atoms with Crippen LogP contribution in [0.4, 0.5) is 0 Å². The molecule has 0 saturated heterocycles. The second-order valence-electron chi connectivity index (χ2n) is 5.62. The van der Waals surface area contributed by atoms with Gasteiger partial charge in [0.25, 0.3) is 0 Å². The fourth-order valence-corrected chi connectivity index (χ4v) is 2.43. The van der Waals surface area contributed by atoms with Crippen molar-refractivity contribution < 1.29 is 0 Å². The Kier molecular flexibility index (Phi) is 5.79. The summed E-state index contributed by atoms with van der Waals surface area (Å²) in [6, 6.07) is 5.25. The van der Waals surface area contributed by atoms with E-state index in [2.05, 4.69) is 35.1 Å². The Morgan fingerprint density at radius 1 is 1.17 bits per heavy atom. The molecule has 0 aromatic carbocycles. The standard InChI is InChI=1S/C16H28N2/c1-2-3-4-5-6-7-12-18-13-8-9-16(18)14-17-15-10-11-15/h8-9,13,15,17H,2-7,10-12,14H2,1H3. The highest BCUT2D eigenvalue weighted by molar-refractivity contribution is 5.07. The van der Waals surface area contributed by atoms with E-state index in [4.69, 9.17) is 0 Å². The topological polar surface area (TPSA) is 17.0 Å². The van der Waals surface area contributed by atoms with Gasteiger partial charge >= 0.3 is 0 Å². The lowest BCUT2D eigenvalue weighted by Gasteiger charge is -2.10. The van der Waals surface area contributed by atoms with Gasteiger partial charge in [-0.1, -0.05) is 39.0 Å². The number of aromatic nitrogens is 1. The number of nitrogens with one attached hydrogen (secondary N) is 1. The molecule has 1 aromatic rings. The van der Waals surface area contributed by atoms with Crippen LogP contribution in [-0.2, 0) is 13.1 Å². The van der Waals surface area contributed by atoms with Gasteiger partial charge in [0, 0.05) is 31.0 Å². The molecule has 1 aliphatic carbocycles. The highest BCUT2D eigenvalue weighted by Gasteiger charge is 2.20. The Hall–Kier alpha value is -0.760. The summed E-state index contributed by atoms with van der Waals surface area (Å²) >= 11 is 0. The first-order valence-corrected chi connectivity index (χ1v) is 7.77. The molecule has 0 unspecified atom stereocenters. The molecule has 1 N–H and O–H groups in total. The van der Waals surface area contributed by atoms with Crippen molar-refractivity contribution in [3.63, 3.8) is 0 Å². The van der Waals surface area contributed by atoms with Crippen molar-refractivity contribution in [3.8, 4) is 0 Å². The summed E-state index contributed by atoms with van der Waals surface area (Å²) in [5.41, 5.74) is 1.45. The summed E-state index contributed by atoms with van der Waals surface area (Å²) in [4.78, 5) is 0. The molecule has 1 aliphatic rings. The average Bonchev–Trinajstić information content (AvgIpc) is 3.11. The fourth-order valence-electron chi connectivity index (χ4n) is 2.43. The minimum atomic E-state index is 0.808. The monoisotopic (exact) mass is 248 g/mol. The zero-order valence-corrected chi connectivity index (χ0v) is 11.8. The van der Waals surface area contributed by atoms with Crippen LogP contribution in [0.5, 0.6) is 0 Å². The Morgan fingerprint density at radius 2 is 1.94 bits per heavy atom. The van der Waals surface area contributed by atoms with Gasteiger partial charge in [-0.3, -0.25) is 0 Å². The van der Waals surface area contributed by atoms with Gasteiger partial charge in [-0.2, -0.15) is 0 Å². The molecule has 0 radical (unpaired) electrons. The van der Waals surface area contributed by atoms with Crippen molar-refractivity contribution in [3.05, 3.63) is 24.0 Å². The Balaban J connectivity index is 1.60. The van der Waals surface area contributed by atoms with E-state index in [9.17, 15) is 0 Å². The van der Waals surface area contributed by atoms with Gasteiger partial charge in [-0.05, 0) is 31.4 Å². The van der Waals surface area contributed by atoms with Gasteiger partial charge in [0.05, 0.1) is 0 Å². The van der Waals surface area contributed by atoms with Gasteiger partial charge in [0.15, 0.2) is 0 Å². The van der Waals surface area contributed by atoms with Crippen molar-refractivity contribution in [1.82, 2.24) is 9.88 Å². The quantitative estimate of drug-likeness (QED) is 0.617. The van der Waals surface area contributed by atoms with Crippen molar-refractivity contribution in [1.29, 1.82) is 0 Å². The van der Waals surface area contributed by atoms with E-state index in [0.29, 0.717) is 0 Å². The SMILES string of the molecule is CCCCCCCCn1cccc1CNC1CC1. The fraction of sp³-hybridized carbons (Fsp3) is 0.750. The minimum absolute atomic E-state index is 0.808. The average molecular weight is 248 g/mol. The maximum absolute atomic E-state index is 3.60. The van der Waals surface area contributed by atoms with Gasteiger partial charge < -0.3 is 9.88 Å². The summed E-state index contributed by atoms with van der Waals surface area (Å²) in [5.74, 6) is 0. The maximum atomic E-state index is 3.60. The zero-order valence-electron chi connectivity index (χ0n) is 11.8. The molecule has 2 nitrogen and oxygen atoms in total. The van der Waals surface area contributed by atoms with Crippen LogP contribution in [0.2, 0.25) is 0 Å². The van der Waals surface area contributed by atoms with Crippen molar-refractivity contribution in [2.75, 3.05) is 0 Å². The summed E-state index contributed by atoms with van der Waals surface area (Å²) in [6.07, 6.45) is 13.3. The van der Waals surface area contributed by atoms with Crippen molar-refractivity contribution in [2.24, 2.45) is 0 Å². The van der Waals surface area contributed by atoms with Crippen LogP contribution in [0, 0.1) is 0 Å². The third kappa shape index (κ3) is 4.85. The highest BCUT2D eigenvalue weighted by Crippen LogP contribution is 2.19. The molecule has 1 aromatic heterocycles. The zero-order chi connectivity index (χ0) is 12.6. The van der Waals surface area contributed by atoms with Crippen LogP contribution in [0.3, 0.4) is 0 Å². The first-order chi connectivity index (χ1) is 8.90. The number of hydrogen-bond acceptors (Lipinski definition) is 1. The Bertz CT molecular complexity index is 326. The van der Waals surface area contributed by atoms with Crippen LogP contribution in [0.1, 0.15) is 64.0 Å². The summed E-state index contributed by atoms with van der Waals surface area (Å²) in [6.45, 7) is 4.52. The van der Waals surface area contributed by atoms with Crippen molar-refractivity contribution >= 4 is 0 Å². The normalized spacial score (nSPS) is 15.2. The van der Waals surface area contributed by atoms with Crippen LogP contribution < -0.4 is 5.32 Å². The summed E-state index contributed by atoms with van der Waals surface area (Å²) in [5, 5.41) is 3.60. The Morgan fingerprint density at radius 3 is 2.72 bits per heavy atom. The molecule has 0 amide bonds. The van der Waals surface area contributed by atoms with E-state index in [1.807, 2.05) is 0 Å². The summed E-state index contributed by atoms with van der Waals surface area (Å²) < 4.78 is 2.43. The minimum Gasteiger partial charge on any atom is -0.350 e. The van der Waals surface area contributed by atoms with Crippen LogP contribution >= 0.6 is 0 Å². The highest BCUT2D eigenvalue weighted by atomic mass is 15.0. The van der Waals surface area contributed by atoms with Crippen LogP contribution in [0.25, 0.3) is 0 Å². The molecule has 1 fully saturated rings. The lowest BCUT2D eigenvalue weighted by atomic mass is 10.1. The first kappa shape index (κ1) is 13.7. The number of unbranched alkanes of at least 4 members (excludes halogenated alkanes) is 5. The van der Waals surface area contributed by atoms with Gasteiger partial charge in [0.1, 0.15) is 0 Å². The van der Waals surface area contributed by atoms with Gasteiger partial charge in [-0.15, -0.1) is 0 Å². The van der Waals surface area contributed by atoms with E-state index in [-0.39, 0.29) is 0 Å². The number of nitrogens with zero attached hydrogens (tertiary/aromatic N) is 1. The van der Waals surface area contributed by atoms with E-state index >= 15 is 0 Å². The van der Waals surface area contributed by atoms with Crippen LogP contribution in [-0.4, -0.2) is 10.6 Å². The molecular weight excluding hydrogens is 220 g/mol. The Labute approximate surface area is 112 Å². The van der Waals surface area contributed by atoms with E-state index in [0.717, 1.165) is 12.6 Å². The molecule has 18 heavy (non-hydrogen) atoms. The number of rotatable bonds is 10. The third-order valence-corrected chi connectivity index (χ3v) is 3.83. The predicted molar refractivity (Wildman–Crippen MR) is 77.7 cm³/mol. The molecule has 102 valence electrons. The molecule has 1 saturated carbocycles. The van der Waals surface area contributed by atoms with E-state index in [1.54, 1.807) is 0 Å². The third-order valence-electron chi connectivity index (χ3n) is 3.83. The predicted octanol–water partition coefficient (Wildman–Crippen LogP) is 4.10. The van der Waals surface area contributed by atoms with Gasteiger partial charge in [0.2, 0.25) is 0 Å². The molecule has 2 heteroatoms. The first-order valence-electron chi connectivity index (χ1n) is 7.77. The smallest absolute Gasteiger partial charge is 0.0361 e. The molecule has 0 spiro atoms. The lowest BCUT2D eigenvalue weighted by molar-refractivity contribution is 0.539. The van der Waals surface area contributed by atoms with Crippen LogP contribution in [0.15, 0.2) is 18.3 Å². The summed E-state index contributed by atoms with van der Waals surface area (Å²) in [7, 11) is 0. The largest absolute Gasteiger partial charge is 0.350 e. The second kappa shape index (κ2) is 7.63. The van der Waals surface area contributed by atoms with E-state index in [1.165, 1.54) is 63.6 Å². The number of hydrogen-bond donors (Lipinski definition) is 1. The maximum Gasteiger partial charge on any atom is 0.0361 e. The molecule has 0 bridgehead atoms. The molecule has 1 heterocycles. The van der Waals surface area contributed by atoms with E-state index < -0.39 is 0 Å². The molecule has 0 aliphatic heterocycles.